The molecule has 2 aromatic rings. The van der Waals surface area contributed by atoms with Crippen molar-refractivity contribution in [3.05, 3.63) is 60.2 Å². The van der Waals surface area contributed by atoms with Crippen molar-refractivity contribution in [1.29, 1.82) is 0 Å². The second-order valence-electron chi connectivity index (χ2n) is 4.30. The Morgan fingerprint density at radius 1 is 0.875 bits per heavy atom. The normalized spacial score (nSPS) is 12.4. The van der Waals surface area contributed by atoms with E-state index in [1.54, 1.807) is 0 Å². The first-order valence-electron chi connectivity index (χ1n) is 5.96. The Kier molecular flexibility index (Phi) is 3.40. The van der Waals surface area contributed by atoms with Gasteiger partial charge in [-0.15, -0.1) is 0 Å². The number of hydrogen-bond acceptors (Lipinski definition) is 0. The molecule has 0 saturated carbocycles. The van der Waals surface area contributed by atoms with Crippen LogP contribution in [0.25, 0.3) is 11.1 Å². The van der Waals surface area contributed by atoms with Crippen molar-refractivity contribution in [2.75, 3.05) is 0 Å². The van der Waals surface area contributed by atoms with Gasteiger partial charge in [-0.3, -0.25) is 0 Å². The molecule has 1 unspecified atom stereocenters. The van der Waals surface area contributed by atoms with Gasteiger partial charge in [0, 0.05) is 0 Å². The van der Waals surface area contributed by atoms with E-state index in [0.717, 1.165) is 0 Å². The van der Waals surface area contributed by atoms with E-state index >= 15 is 0 Å². The summed E-state index contributed by atoms with van der Waals surface area (Å²) in [5, 5.41) is 0. The Hall–Kier alpha value is -1.56. The Morgan fingerprint density at radius 3 is 2.25 bits per heavy atom. The molecule has 0 radical (unpaired) electrons. The molecule has 0 heteroatoms. The van der Waals surface area contributed by atoms with Gasteiger partial charge >= 0.3 is 0 Å². The molecule has 2 aromatic carbocycles. The first-order chi connectivity index (χ1) is 7.81. The summed E-state index contributed by atoms with van der Waals surface area (Å²) in [7, 11) is 0. The quantitative estimate of drug-likeness (QED) is 0.678. The van der Waals surface area contributed by atoms with E-state index in [0.29, 0.717) is 5.92 Å². The fourth-order valence-electron chi connectivity index (χ4n) is 1.89. The molecule has 82 valence electrons. The first-order valence-corrected chi connectivity index (χ1v) is 5.96. The Labute approximate surface area is 97.9 Å². The topological polar surface area (TPSA) is 0 Å². The van der Waals surface area contributed by atoms with Crippen LogP contribution >= 0.6 is 0 Å². The second kappa shape index (κ2) is 4.98. The lowest BCUT2D eigenvalue weighted by Crippen LogP contribution is -1.91. The minimum atomic E-state index is 0.642. The van der Waals surface area contributed by atoms with Crippen molar-refractivity contribution < 1.29 is 0 Å². The van der Waals surface area contributed by atoms with Gasteiger partial charge in [0.2, 0.25) is 0 Å². The van der Waals surface area contributed by atoms with E-state index in [-0.39, 0.29) is 0 Å². The summed E-state index contributed by atoms with van der Waals surface area (Å²) < 4.78 is 0. The maximum Gasteiger partial charge on any atom is -0.0181 e. The molecule has 0 aliphatic heterocycles. The van der Waals surface area contributed by atoms with Crippen LogP contribution in [0.5, 0.6) is 0 Å². The SMILES string of the molecule is CCC(C)c1cccc(-c2ccccc2)c1. The van der Waals surface area contributed by atoms with Crippen LogP contribution in [0.1, 0.15) is 31.7 Å². The van der Waals surface area contributed by atoms with Crippen LogP contribution in [0.15, 0.2) is 54.6 Å². The molecule has 0 N–H and O–H groups in total. The molecular formula is C16H18. The Balaban J connectivity index is 2.36. The predicted octanol–water partition coefficient (Wildman–Crippen LogP) is 4.87. The average Bonchev–Trinajstić information content (AvgIpc) is 2.39. The molecule has 0 nitrogen and oxygen atoms in total. The van der Waals surface area contributed by atoms with Crippen molar-refractivity contribution in [2.45, 2.75) is 26.2 Å². The Bertz CT molecular complexity index is 443. The van der Waals surface area contributed by atoms with Crippen LogP contribution in [0, 0.1) is 0 Å². The highest BCUT2D eigenvalue weighted by Crippen LogP contribution is 2.25. The molecule has 0 bridgehead atoms. The Morgan fingerprint density at radius 2 is 1.56 bits per heavy atom. The smallest absolute Gasteiger partial charge is 0.0181 e. The van der Waals surface area contributed by atoms with Gasteiger partial charge in [0.1, 0.15) is 0 Å². The lowest BCUT2D eigenvalue weighted by molar-refractivity contribution is 0.734. The molecule has 0 heterocycles. The zero-order chi connectivity index (χ0) is 11.4. The summed E-state index contributed by atoms with van der Waals surface area (Å²) in [5.74, 6) is 0.642. The summed E-state index contributed by atoms with van der Waals surface area (Å²) in [4.78, 5) is 0. The lowest BCUT2D eigenvalue weighted by Gasteiger charge is -2.10. The molecule has 0 amide bonds. The second-order valence-corrected chi connectivity index (χ2v) is 4.30. The van der Waals surface area contributed by atoms with Gasteiger partial charge in [-0.1, -0.05) is 68.4 Å². The predicted molar refractivity (Wildman–Crippen MR) is 70.6 cm³/mol. The zero-order valence-electron chi connectivity index (χ0n) is 9.98. The summed E-state index contributed by atoms with van der Waals surface area (Å²) in [5.41, 5.74) is 4.05. The molecular weight excluding hydrogens is 192 g/mol. The van der Waals surface area contributed by atoms with E-state index in [9.17, 15) is 0 Å². The van der Waals surface area contributed by atoms with E-state index in [2.05, 4.69) is 68.4 Å². The number of rotatable bonds is 3. The number of hydrogen-bond donors (Lipinski definition) is 0. The van der Waals surface area contributed by atoms with Crippen molar-refractivity contribution >= 4 is 0 Å². The van der Waals surface area contributed by atoms with E-state index in [1.807, 2.05) is 0 Å². The van der Waals surface area contributed by atoms with Gasteiger partial charge in [-0.25, -0.2) is 0 Å². The van der Waals surface area contributed by atoms with Crippen molar-refractivity contribution in [3.8, 4) is 11.1 Å². The summed E-state index contributed by atoms with van der Waals surface area (Å²) in [6.07, 6.45) is 1.19. The molecule has 0 aliphatic rings. The third-order valence-electron chi connectivity index (χ3n) is 3.18. The van der Waals surface area contributed by atoms with Crippen LogP contribution in [-0.4, -0.2) is 0 Å². The maximum absolute atomic E-state index is 2.31. The third kappa shape index (κ3) is 2.33. The van der Waals surface area contributed by atoms with Crippen LogP contribution in [0.3, 0.4) is 0 Å². The maximum atomic E-state index is 2.31. The summed E-state index contributed by atoms with van der Waals surface area (Å²) >= 11 is 0. The van der Waals surface area contributed by atoms with Crippen LogP contribution < -0.4 is 0 Å². The highest BCUT2D eigenvalue weighted by Gasteiger charge is 2.04. The van der Waals surface area contributed by atoms with Crippen LogP contribution in [-0.2, 0) is 0 Å². The molecule has 0 aromatic heterocycles. The lowest BCUT2D eigenvalue weighted by atomic mass is 9.95. The zero-order valence-corrected chi connectivity index (χ0v) is 9.98. The highest BCUT2D eigenvalue weighted by atomic mass is 14.1. The van der Waals surface area contributed by atoms with Gasteiger partial charge in [0.25, 0.3) is 0 Å². The standard InChI is InChI=1S/C16H18/c1-3-13(2)15-10-7-11-16(12-15)14-8-5-4-6-9-14/h4-13H,3H2,1-2H3. The van der Waals surface area contributed by atoms with Crippen LogP contribution in [0.2, 0.25) is 0 Å². The molecule has 0 aliphatic carbocycles. The summed E-state index contributed by atoms with van der Waals surface area (Å²) in [6, 6.07) is 19.4. The van der Waals surface area contributed by atoms with Gasteiger partial charge in [0.15, 0.2) is 0 Å². The molecule has 2 rings (SSSR count). The first kappa shape index (κ1) is 10.9. The molecule has 0 fully saturated rings. The highest BCUT2D eigenvalue weighted by molar-refractivity contribution is 5.64. The molecule has 16 heavy (non-hydrogen) atoms. The molecule has 1 atom stereocenters. The fourth-order valence-corrected chi connectivity index (χ4v) is 1.89. The van der Waals surface area contributed by atoms with E-state index < -0.39 is 0 Å². The van der Waals surface area contributed by atoms with Crippen molar-refractivity contribution in [2.24, 2.45) is 0 Å². The minimum Gasteiger partial charge on any atom is -0.0648 e. The van der Waals surface area contributed by atoms with Crippen molar-refractivity contribution in [3.63, 3.8) is 0 Å². The average molecular weight is 210 g/mol. The van der Waals surface area contributed by atoms with Gasteiger partial charge in [0.05, 0.1) is 0 Å². The minimum absolute atomic E-state index is 0.642. The number of benzene rings is 2. The van der Waals surface area contributed by atoms with Crippen molar-refractivity contribution in [1.82, 2.24) is 0 Å². The summed E-state index contributed by atoms with van der Waals surface area (Å²) in [6.45, 7) is 4.52. The largest absolute Gasteiger partial charge is 0.0648 e. The molecule has 0 spiro atoms. The van der Waals surface area contributed by atoms with Gasteiger partial charge < -0.3 is 0 Å². The van der Waals surface area contributed by atoms with E-state index in [1.165, 1.54) is 23.1 Å². The monoisotopic (exact) mass is 210 g/mol. The fraction of sp³-hybridized carbons (Fsp3) is 0.250. The van der Waals surface area contributed by atoms with E-state index in [4.69, 9.17) is 0 Å². The molecule has 0 saturated heterocycles. The third-order valence-corrected chi connectivity index (χ3v) is 3.18. The van der Waals surface area contributed by atoms with Gasteiger partial charge in [-0.05, 0) is 29.0 Å². The van der Waals surface area contributed by atoms with Gasteiger partial charge in [-0.2, -0.15) is 0 Å². The van der Waals surface area contributed by atoms with Crippen LogP contribution in [0.4, 0.5) is 0 Å².